The molecule has 2 heterocycles. The quantitative estimate of drug-likeness (QED) is 0.761. The lowest BCUT2D eigenvalue weighted by molar-refractivity contribution is 0.141. The highest BCUT2D eigenvalue weighted by Crippen LogP contribution is 2.14. The lowest BCUT2D eigenvalue weighted by atomic mass is 10.3. The number of nitrogens with zero attached hydrogens (tertiary/aromatic N) is 3. The summed E-state index contributed by atoms with van der Waals surface area (Å²) in [6.07, 6.45) is 0. The Labute approximate surface area is 150 Å². The van der Waals surface area contributed by atoms with Crippen molar-refractivity contribution in [3.63, 3.8) is 0 Å². The van der Waals surface area contributed by atoms with E-state index < -0.39 is 0 Å². The van der Waals surface area contributed by atoms with E-state index in [-0.39, 0.29) is 11.8 Å². The maximum atomic E-state index is 12.9. The predicted octanol–water partition coefficient (Wildman–Crippen LogP) is 3.05. The molecule has 0 spiro atoms. The minimum atomic E-state index is -0.317. The third kappa shape index (κ3) is 3.67. The third-order valence-electron chi connectivity index (χ3n) is 4.57. The fourth-order valence-corrected chi connectivity index (χ4v) is 3.14. The van der Waals surface area contributed by atoms with E-state index in [0.29, 0.717) is 18.8 Å². The number of urea groups is 1. The molecule has 134 valence electrons. The van der Waals surface area contributed by atoms with Crippen molar-refractivity contribution in [1.29, 1.82) is 0 Å². The standard InChI is InChI=1S/C19H20FN5O/c20-14-5-7-15(8-6-14)21-19(26)25-11-9-24(10-12-25)13-18-22-16-3-1-2-4-17(16)23-18/h1-8H,9-13H2,(H,21,26)(H,22,23). The first kappa shape index (κ1) is 16.5. The lowest BCUT2D eigenvalue weighted by Gasteiger charge is -2.34. The van der Waals surface area contributed by atoms with Crippen LogP contribution in [0.1, 0.15) is 5.82 Å². The van der Waals surface area contributed by atoms with Crippen LogP contribution in [0.2, 0.25) is 0 Å². The van der Waals surface area contributed by atoms with Gasteiger partial charge in [-0.2, -0.15) is 0 Å². The normalized spacial score (nSPS) is 15.3. The number of fused-ring (bicyclic) bond motifs is 1. The Morgan fingerprint density at radius 1 is 1.08 bits per heavy atom. The second-order valence-electron chi connectivity index (χ2n) is 6.40. The molecule has 6 nitrogen and oxygen atoms in total. The van der Waals surface area contributed by atoms with Gasteiger partial charge in [-0.1, -0.05) is 12.1 Å². The topological polar surface area (TPSA) is 64.3 Å². The van der Waals surface area contributed by atoms with Gasteiger partial charge in [0, 0.05) is 31.9 Å². The summed E-state index contributed by atoms with van der Waals surface area (Å²) in [5.41, 5.74) is 2.61. The Bertz CT molecular complexity index is 867. The first-order chi connectivity index (χ1) is 12.7. The largest absolute Gasteiger partial charge is 0.341 e. The second-order valence-corrected chi connectivity index (χ2v) is 6.40. The molecule has 0 saturated carbocycles. The van der Waals surface area contributed by atoms with Crippen LogP contribution in [-0.4, -0.2) is 52.0 Å². The average Bonchev–Trinajstić information content (AvgIpc) is 3.06. The molecule has 1 aliphatic heterocycles. The summed E-state index contributed by atoms with van der Waals surface area (Å²) in [4.78, 5) is 24.3. The SMILES string of the molecule is O=C(Nc1ccc(F)cc1)N1CCN(Cc2nc3ccccc3[nH]2)CC1. The molecule has 2 aromatic carbocycles. The van der Waals surface area contributed by atoms with Crippen LogP contribution >= 0.6 is 0 Å². The molecule has 2 N–H and O–H groups in total. The van der Waals surface area contributed by atoms with E-state index in [4.69, 9.17) is 0 Å². The molecule has 0 atom stereocenters. The Kier molecular flexibility index (Phi) is 4.53. The first-order valence-electron chi connectivity index (χ1n) is 8.65. The molecule has 0 radical (unpaired) electrons. The molecule has 7 heteroatoms. The molecule has 4 rings (SSSR count). The number of nitrogens with one attached hydrogen (secondary N) is 2. The molecule has 2 amide bonds. The van der Waals surface area contributed by atoms with Crippen molar-refractivity contribution in [2.24, 2.45) is 0 Å². The molecule has 0 aliphatic carbocycles. The molecular weight excluding hydrogens is 333 g/mol. The minimum absolute atomic E-state index is 0.153. The fourth-order valence-electron chi connectivity index (χ4n) is 3.14. The van der Waals surface area contributed by atoms with Gasteiger partial charge in [-0.15, -0.1) is 0 Å². The second kappa shape index (κ2) is 7.13. The maximum absolute atomic E-state index is 12.9. The lowest BCUT2D eigenvalue weighted by Crippen LogP contribution is -2.49. The number of carbonyl (C=O) groups is 1. The summed E-state index contributed by atoms with van der Waals surface area (Å²) in [5.74, 6) is 0.623. The summed E-state index contributed by atoms with van der Waals surface area (Å²) in [6, 6.07) is 13.6. The number of amides is 2. The van der Waals surface area contributed by atoms with Gasteiger partial charge in [0.15, 0.2) is 0 Å². The summed E-state index contributed by atoms with van der Waals surface area (Å²) >= 11 is 0. The van der Waals surface area contributed by atoms with Crippen molar-refractivity contribution in [3.05, 3.63) is 60.2 Å². The van der Waals surface area contributed by atoms with E-state index in [1.807, 2.05) is 24.3 Å². The Hall–Kier alpha value is -2.93. The number of halogens is 1. The molecule has 1 saturated heterocycles. The Balaban J connectivity index is 1.30. The number of rotatable bonds is 3. The molecular formula is C19H20FN5O. The zero-order valence-electron chi connectivity index (χ0n) is 14.3. The van der Waals surface area contributed by atoms with Gasteiger partial charge >= 0.3 is 6.03 Å². The number of imidazole rings is 1. The van der Waals surface area contributed by atoms with Crippen LogP contribution in [0, 0.1) is 5.82 Å². The predicted molar refractivity (Wildman–Crippen MR) is 98.4 cm³/mol. The van der Waals surface area contributed by atoms with Crippen LogP contribution in [0.25, 0.3) is 11.0 Å². The Morgan fingerprint density at radius 2 is 1.81 bits per heavy atom. The number of hydrogen-bond donors (Lipinski definition) is 2. The zero-order valence-corrected chi connectivity index (χ0v) is 14.3. The van der Waals surface area contributed by atoms with Gasteiger partial charge in [-0.05, 0) is 36.4 Å². The van der Waals surface area contributed by atoms with Gasteiger partial charge in [-0.3, -0.25) is 4.90 Å². The van der Waals surface area contributed by atoms with Crippen LogP contribution in [0.4, 0.5) is 14.9 Å². The van der Waals surface area contributed by atoms with E-state index in [1.54, 1.807) is 17.0 Å². The maximum Gasteiger partial charge on any atom is 0.321 e. The van der Waals surface area contributed by atoms with Crippen LogP contribution in [0.15, 0.2) is 48.5 Å². The monoisotopic (exact) mass is 353 g/mol. The highest BCUT2D eigenvalue weighted by atomic mass is 19.1. The summed E-state index contributed by atoms with van der Waals surface area (Å²) < 4.78 is 12.9. The molecule has 0 bridgehead atoms. The fraction of sp³-hybridized carbons (Fsp3) is 0.263. The van der Waals surface area contributed by atoms with Gasteiger partial charge in [0.1, 0.15) is 11.6 Å². The molecule has 1 aliphatic rings. The highest BCUT2D eigenvalue weighted by Gasteiger charge is 2.21. The van der Waals surface area contributed by atoms with E-state index in [9.17, 15) is 9.18 Å². The van der Waals surface area contributed by atoms with Crippen molar-refractivity contribution < 1.29 is 9.18 Å². The van der Waals surface area contributed by atoms with Crippen molar-refractivity contribution in [2.75, 3.05) is 31.5 Å². The van der Waals surface area contributed by atoms with Crippen molar-refractivity contribution >= 4 is 22.8 Å². The molecule has 1 aromatic heterocycles. The van der Waals surface area contributed by atoms with Gasteiger partial charge in [-0.25, -0.2) is 14.2 Å². The summed E-state index contributed by atoms with van der Waals surface area (Å²) in [5, 5.41) is 2.80. The number of piperazine rings is 1. The Morgan fingerprint density at radius 3 is 2.54 bits per heavy atom. The first-order valence-corrected chi connectivity index (χ1v) is 8.65. The van der Waals surface area contributed by atoms with Crippen molar-refractivity contribution in [3.8, 4) is 0 Å². The van der Waals surface area contributed by atoms with E-state index >= 15 is 0 Å². The van der Waals surface area contributed by atoms with E-state index in [0.717, 1.165) is 36.5 Å². The zero-order chi connectivity index (χ0) is 17.9. The average molecular weight is 353 g/mol. The molecule has 3 aromatic rings. The molecule has 26 heavy (non-hydrogen) atoms. The molecule has 1 fully saturated rings. The number of aromatic amines is 1. The van der Waals surface area contributed by atoms with Crippen LogP contribution < -0.4 is 5.32 Å². The molecule has 0 unspecified atom stereocenters. The van der Waals surface area contributed by atoms with Gasteiger partial charge < -0.3 is 15.2 Å². The van der Waals surface area contributed by atoms with Gasteiger partial charge in [0.05, 0.1) is 17.6 Å². The van der Waals surface area contributed by atoms with E-state index in [2.05, 4.69) is 20.2 Å². The van der Waals surface area contributed by atoms with Gasteiger partial charge in [0.2, 0.25) is 0 Å². The number of para-hydroxylation sites is 2. The summed E-state index contributed by atoms with van der Waals surface area (Å²) in [6.45, 7) is 3.60. The number of aromatic nitrogens is 2. The van der Waals surface area contributed by atoms with E-state index in [1.165, 1.54) is 12.1 Å². The number of benzene rings is 2. The number of anilines is 1. The van der Waals surface area contributed by atoms with Crippen molar-refractivity contribution in [2.45, 2.75) is 6.54 Å². The highest BCUT2D eigenvalue weighted by molar-refractivity contribution is 5.89. The summed E-state index contributed by atoms with van der Waals surface area (Å²) in [7, 11) is 0. The minimum Gasteiger partial charge on any atom is -0.341 e. The number of H-pyrrole nitrogens is 1. The van der Waals surface area contributed by atoms with Gasteiger partial charge in [0.25, 0.3) is 0 Å². The van der Waals surface area contributed by atoms with Crippen molar-refractivity contribution in [1.82, 2.24) is 19.8 Å². The number of carbonyl (C=O) groups excluding carboxylic acids is 1. The van der Waals surface area contributed by atoms with Crippen LogP contribution in [0.5, 0.6) is 0 Å². The smallest absolute Gasteiger partial charge is 0.321 e. The van der Waals surface area contributed by atoms with Crippen LogP contribution in [0.3, 0.4) is 0 Å². The third-order valence-corrected chi connectivity index (χ3v) is 4.57. The number of hydrogen-bond acceptors (Lipinski definition) is 3. The van der Waals surface area contributed by atoms with Crippen LogP contribution in [-0.2, 0) is 6.54 Å².